The Morgan fingerprint density at radius 2 is 2.42 bits per heavy atom. The molecule has 0 aliphatic carbocycles. The third-order valence-corrected chi connectivity index (χ3v) is 5.62. The number of aromatic nitrogens is 2. The van der Waals surface area contributed by atoms with E-state index in [1.165, 1.54) is 11.5 Å². The topological polar surface area (TPSA) is 60.2 Å². The van der Waals surface area contributed by atoms with Crippen LogP contribution in [0.25, 0.3) is 0 Å². The predicted octanol–water partition coefficient (Wildman–Crippen LogP) is 1.76. The Kier molecular flexibility index (Phi) is 6.49. The van der Waals surface area contributed by atoms with Gasteiger partial charge in [0.2, 0.25) is 5.89 Å². The first-order chi connectivity index (χ1) is 9.33. The molecule has 2 rings (SSSR count). The third kappa shape index (κ3) is 4.66. The number of nitrogens with one attached hydrogen (secondary N) is 1. The van der Waals surface area contributed by atoms with Crippen LogP contribution in [0, 0.1) is 0 Å². The van der Waals surface area contributed by atoms with Crippen molar-refractivity contribution in [1.82, 2.24) is 15.5 Å². The molecule has 0 bridgehead atoms. The molecule has 2 heterocycles. The third-order valence-electron chi connectivity index (χ3n) is 2.87. The number of rotatable bonds is 7. The molecular formula is C12H21N3O2S2. The lowest BCUT2D eigenvalue weighted by atomic mass is 10.2. The Balaban J connectivity index is 1.91. The fourth-order valence-electron chi connectivity index (χ4n) is 2.01. The Morgan fingerprint density at radius 3 is 3.11 bits per heavy atom. The van der Waals surface area contributed by atoms with Crippen LogP contribution in [0.15, 0.2) is 4.52 Å². The molecule has 0 spiro atoms. The number of hydrogen-bond donors (Lipinski definition) is 1. The smallest absolute Gasteiger partial charge is 0.228 e. The van der Waals surface area contributed by atoms with Crippen molar-refractivity contribution in [3.63, 3.8) is 0 Å². The van der Waals surface area contributed by atoms with Crippen molar-refractivity contribution in [3.8, 4) is 0 Å². The van der Waals surface area contributed by atoms with Crippen LogP contribution in [-0.2, 0) is 11.2 Å². The summed E-state index contributed by atoms with van der Waals surface area (Å²) in [6, 6.07) is 0.233. The van der Waals surface area contributed by atoms with Crippen LogP contribution in [0.4, 0.5) is 0 Å². The zero-order valence-corrected chi connectivity index (χ0v) is 13.1. The van der Waals surface area contributed by atoms with E-state index in [0.717, 1.165) is 24.5 Å². The maximum atomic E-state index is 5.36. The summed E-state index contributed by atoms with van der Waals surface area (Å²) in [7, 11) is 1.71. The van der Waals surface area contributed by atoms with Crippen LogP contribution in [0.3, 0.4) is 0 Å². The molecule has 0 radical (unpaired) electrons. The molecule has 19 heavy (non-hydrogen) atoms. The molecule has 1 aromatic heterocycles. The van der Waals surface area contributed by atoms with Crippen molar-refractivity contribution < 1.29 is 9.26 Å². The lowest BCUT2D eigenvalue weighted by molar-refractivity contribution is 0.162. The van der Waals surface area contributed by atoms with Crippen LogP contribution in [0.5, 0.6) is 0 Å². The quantitative estimate of drug-likeness (QED) is 0.823. The van der Waals surface area contributed by atoms with Gasteiger partial charge in [-0.25, -0.2) is 0 Å². The van der Waals surface area contributed by atoms with Gasteiger partial charge in [0.05, 0.1) is 11.9 Å². The Morgan fingerprint density at radius 1 is 1.53 bits per heavy atom. The summed E-state index contributed by atoms with van der Waals surface area (Å²) in [5.41, 5.74) is 0. The van der Waals surface area contributed by atoms with E-state index >= 15 is 0 Å². The summed E-state index contributed by atoms with van der Waals surface area (Å²) in [5, 5.41) is 7.87. The molecule has 1 N–H and O–H groups in total. The molecule has 0 saturated carbocycles. The summed E-state index contributed by atoms with van der Waals surface area (Å²) < 4.78 is 10.6. The van der Waals surface area contributed by atoms with E-state index in [1.807, 2.05) is 23.5 Å². The molecule has 0 aromatic carbocycles. The fourth-order valence-corrected chi connectivity index (χ4v) is 4.60. The van der Waals surface area contributed by atoms with E-state index in [4.69, 9.17) is 9.26 Å². The van der Waals surface area contributed by atoms with Gasteiger partial charge in [0.1, 0.15) is 0 Å². The summed E-state index contributed by atoms with van der Waals surface area (Å²) in [4.78, 5) is 4.53. The molecule has 2 unspecified atom stereocenters. The highest BCUT2D eigenvalue weighted by atomic mass is 32.2. The second kappa shape index (κ2) is 8.14. The molecule has 5 nitrogen and oxygen atoms in total. The van der Waals surface area contributed by atoms with Gasteiger partial charge >= 0.3 is 0 Å². The fraction of sp³-hybridized carbons (Fsp3) is 0.833. The highest BCUT2D eigenvalue weighted by molar-refractivity contribution is 8.06. The minimum absolute atomic E-state index is 0.233. The van der Waals surface area contributed by atoms with Gasteiger partial charge in [0.25, 0.3) is 0 Å². The first-order valence-electron chi connectivity index (χ1n) is 6.57. The number of likely N-dealkylation sites (N-methyl/N-ethyl adjacent to an activating group) is 1. The zero-order valence-electron chi connectivity index (χ0n) is 11.4. The maximum absolute atomic E-state index is 5.36. The van der Waals surface area contributed by atoms with E-state index in [2.05, 4.69) is 22.4 Å². The average Bonchev–Trinajstić information content (AvgIpc) is 2.89. The molecule has 7 heteroatoms. The van der Waals surface area contributed by atoms with E-state index < -0.39 is 0 Å². The number of hydrogen-bond acceptors (Lipinski definition) is 7. The first-order valence-corrected chi connectivity index (χ1v) is 8.78. The predicted molar refractivity (Wildman–Crippen MR) is 79.9 cm³/mol. The average molecular weight is 303 g/mol. The van der Waals surface area contributed by atoms with Gasteiger partial charge in [-0.3, -0.25) is 0 Å². The molecule has 108 valence electrons. The Labute approximate surface area is 122 Å². The largest absolute Gasteiger partial charge is 0.383 e. The Hall–Kier alpha value is -0.240. The molecule has 0 amide bonds. The maximum Gasteiger partial charge on any atom is 0.228 e. The zero-order chi connectivity index (χ0) is 13.5. The highest BCUT2D eigenvalue weighted by Crippen LogP contribution is 2.35. The van der Waals surface area contributed by atoms with Crippen LogP contribution >= 0.6 is 23.5 Å². The summed E-state index contributed by atoms with van der Waals surface area (Å²) in [6.45, 7) is 3.64. The molecule has 1 aliphatic heterocycles. The van der Waals surface area contributed by atoms with E-state index in [-0.39, 0.29) is 6.04 Å². The molecule has 1 aliphatic rings. The minimum atomic E-state index is 0.233. The van der Waals surface area contributed by atoms with Crippen molar-refractivity contribution in [2.24, 2.45) is 0 Å². The van der Waals surface area contributed by atoms with Crippen molar-refractivity contribution in [2.75, 3.05) is 37.5 Å². The SMILES string of the molecule is CCNC(COC)Cc1nc(C2CSCCS2)no1. The van der Waals surface area contributed by atoms with E-state index in [0.29, 0.717) is 17.7 Å². The van der Waals surface area contributed by atoms with Gasteiger partial charge in [0, 0.05) is 36.8 Å². The minimum Gasteiger partial charge on any atom is -0.383 e. The second-order valence-electron chi connectivity index (χ2n) is 4.39. The van der Waals surface area contributed by atoms with Gasteiger partial charge < -0.3 is 14.6 Å². The lowest BCUT2D eigenvalue weighted by Gasteiger charge is -2.17. The molecule has 2 atom stereocenters. The normalized spacial score (nSPS) is 21.5. The van der Waals surface area contributed by atoms with Crippen molar-refractivity contribution in [1.29, 1.82) is 0 Å². The highest BCUT2D eigenvalue weighted by Gasteiger charge is 2.22. The monoisotopic (exact) mass is 303 g/mol. The van der Waals surface area contributed by atoms with Gasteiger partial charge in [-0.1, -0.05) is 12.1 Å². The number of ether oxygens (including phenoxy) is 1. The molecule has 1 fully saturated rings. The second-order valence-corrected chi connectivity index (χ2v) is 6.86. The van der Waals surface area contributed by atoms with Crippen LogP contribution in [0.1, 0.15) is 23.9 Å². The van der Waals surface area contributed by atoms with Crippen molar-refractivity contribution >= 4 is 23.5 Å². The standard InChI is InChI=1S/C12H21N3O2S2/c1-3-13-9(7-16-2)6-11-14-12(15-17-11)10-8-18-4-5-19-10/h9-10,13H,3-8H2,1-2H3. The number of methoxy groups -OCH3 is 1. The first kappa shape index (κ1) is 15.2. The van der Waals surface area contributed by atoms with Crippen LogP contribution in [0.2, 0.25) is 0 Å². The van der Waals surface area contributed by atoms with Crippen molar-refractivity contribution in [2.45, 2.75) is 24.6 Å². The van der Waals surface area contributed by atoms with E-state index in [9.17, 15) is 0 Å². The van der Waals surface area contributed by atoms with Gasteiger partial charge in [-0.2, -0.15) is 16.7 Å². The van der Waals surface area contributed by atoms with Gasteiger partial charge in [-0.05, 0) is 6.54 Å². The number of thioether (sulfide) groups is 2. The lowest BCUT2D eigenvalue weighted by Crippen LogP contribution is -2.35. The van der Waals surface area contributed by atoms with E-state index in [1.54, 1.807) is 7.11 Å². The number of nitrogens with zero attached hydrogens (tertiary/aromatic N) is 2. The Bertz CT molecular complexity index is 364. The van der Waals surface area contributed by atoms with Crippen LogP contribution in [-0.4, -0.2) is 53.7 Å². The van der Waals surface area contributed by atoms with Gasteiger partial charge in [0.15, 0.2) is 5.82 Å². The summed E-state index contributed by atoms with van der Waals surface area (Å²) in [6.07, 6.45) is 0.721. The summed E-state index contributed by atoms with van der Waals surface area (Å²) in [5.74, 6) is 5.03. The molecule has 1 aromatic rings. The summed E-state index contributed by atoms with van der Waals surface area (Å²) >= 11 is 3.89. The van der Waals surface area contributed by atoms with Crippen molar-refractivity contribution in [3.05, 3.63) is 11.7 Å². The molecular weight excluding hydrogens is 282 g/mol. The van der Waals surface area contributed by atoms with Gasteiger partial charge in [-0.15, -0.1) is 11.8 Å². The molecule has 1 saturated heterocycles. The van der Waals surface area contributed by atoms with Crippen LogP contribution < -0.4 is 5.32 Å².